The van der Waals surface area contributed by atoms with E-state index in [-0.39, 0.29) is 11.1 Å². The number of aryl methyl sites for hydroxylation is 1. The molecular weight excluding hydrogens is 292 g/mol. The van der Waals surface area contributed by atoms with Crippen LogP contribution < -0.4 is 5.32 Å². The van der Waals surface area contributed by atoms with Gasteiger partial charge >= 0.3 is 5.97 Å². The molecule has 0 unspecified atom stereocenters. The van der Waals surface area contributed by atoms with Gasteiger partial charge in [0.05, 0.1) is 5.56 Å². The number of carboxylic acids is 1. The van der Waals surface area contributed by atoms with Crippen molar-refractivity contribution < 1.29 is 14.7 Å². The van der Waals surface area contributed by atoms with Gasteiger partial charge in [0.2, 0.25) is 0 Å². The van der Waals surface area contributed by atoms with Gasteiger partial charge in [0.25, 0.3) is 5.91 Å². The van der Waals surface area contributed by atoms with E-state index in [9.17, 15) is 9.59 Å². The average Bonchev–Trinajstić information content (AvgIpc) is 2.55. The number of aromatic carboxylic acids is 1. The standard InChI is InChI=1S/C18H14N2O3/c1-12-2-8-16(9-3-12)20-17(21)15(11-19)10-13-4-6-14(7-5-13)18(22)23/h2-10H,1H3,(H,20,21)(H,22,23)/b15-10-. The van der Waals surface area contributed by atoms with Crippen molar-refractivity contribution >= 4 is 23.6 Å². The molecule has 0 fully saturated rings. The number of carbonyl (C=O) groups excluding carboxylic acids is 1. The first-order chi connectivity index (χ1) is 11.0. The summed E-state index contributed by atoms with van der Waals surface area (Å²) in [7, 11) is 0. The minimum absolute atomic E-state index is 0.0614. The highest BCUT2D eigenvalue weighted by Gasteiger charge is 2.10. The Labute approximate surface area is 133 Å². The number of carbonyl (C=O) groups is 2. The van der Waals surface area contributed by atoms with E-state index < -0.39 is 11.9 Å². The second kappa shape index (κ2) is 7.05. The van der Waals surface area contributed by atoms with E-state index in [1.807, 2.05) is 25.1 Å². The zero-order chi connectivity index (χ0) is 16.8. The summed E-state index contributed by atoms with van der Waals surface area (Å²) in [6, 6.07) is 15.0. The first kappa shape index (κ1) is 16.0. The third kappa shape index (κ3) is 4.29. The first-order valence-electron chi connectivity index (χ1n) is 6.83. The maximum Gasteiger partial charge on any atom is 0.335 e. The molecule has 0 saturated carbocycles. The molecule has 0 spiro atoms. The predicted molar refractivity (Wildman–Crippen MR) is 86.8 cm³/mol. The number of hydrogen-bond acceptors (Lipinski definition) is 3. The number of anilines is 1. The fourth-order valence-electron chi connectivity index (χ4n) is 1.87. The van der Waals surface area contributed by atoms with Crippen LogP contribution >= 0.6 is 0 Å². The van der Waals surface area contributed by atoms with Crippen molar-refractivity contribution in [3.05, 3.63) is 70.8 Å². The molecule has 0 aliphatic rings. The fraction of sp³-hybridized carbons (Fsp3) is 0.0556. The summed E-state index contributed by atoms with van der Waals surface area (Å²) in [5.41, 5.74) is 2.32. The lowest BCUT2D eigenvalue weighted by Crippen LogP contribution is -2.13. The monoisotopic (exact) mass is 306 g/mol. The van der Waals surface area contributed by atoms with Crippen LogP contribution in [-0.4, -0.2) is 17.0 Å². The molecule has 0 aromatic heterocycles. The molecule has 0 aliphatic heterocycles. The normalized spacial score (nSPS) is 10.7. The summed E-state index contributed by atoms with van der Waals surface area (Å²) in [5.74, 6) is -1.54. The SMILES string of the molecule is Cc1ccc(NC(=O)/C(C#N)=C\c2ccc(C(=O)O)cc2)cc1. The summed E-state index contributed by atoms with van der Waals surface area (Å²) in [6.45, 7) is 1.94. The van der Waals surface area contributed by atoms with Crippen LogP contribution in [0.2, 0.25) is 0 Å². The summed E-state index contributed by atoms with van der Waals surface area (Å²) in [5, 5.41) is 20.6. The molecule has 5 heteroatoms. The largest absolute Gasteiger partial charge is 0.478 e. The van der Waals surface area contributed by atoms with Crippen LogP contribution in [0, 0.1) is 18.3 Å². The molecule has 0 aliphatic carbocycles. The Hall–Kier alpha value is -3.39. The lowest BCUT2D eigenvalue weighted by molar-refractivity contribution is -0.112. The highest BCUT2D eigenvalue weighted by atomic mass is 16.4. The van der Waals surface area contributed by atoms with E-state index in [1.54, 1.807) is 24.3 Å². The van der Waals surface area contributed by atoms with Crippen LogP contribution in [0.15, 0.2) is 54.1 Å². The number of nitrogens with one attached hydrogen (secondary N) is 1. The summed E-state index contributed by atoms with van der Waals surface area (Å²) < 4.78 is 0. The number of carboxylic acid groups (broad SMARTS) is 1. The molecule has 2 rings (SSSR count). The van der Waals surface area contributed by atoms with Crippen molar-refractivity contribution in [3.63, 3.8) is 0 Å². The molecule has 0 atom stereocenters. The Bertz CT molecular complexity index is 798. The van der Waals surface area contributed by atoms with E-state index in [1.165, 1.54) is 18.2 Å². The Morgan fingerprint density at radius 1 is 1.09 bits per heavy atom. The van der Waals surface area contributed by atoms with Crippen molar-refractivity contribution in [1.29, 1.82) is 5.26 Å². The van der Waals surface area contributed by atoms with Gasteiger partial charge in [0, 0.05) is 5.69 Å². The number of hydrogen-bond donors (Lipinski definition) is 2. The highest BCUT2D eigenvalue weighted by Crippen LogP contribution is 2.13. The molecule has 1 amide bonds. The minimum atomic E-state index is -1.03. The fourth-order valence-corrected chi connectivity index (χ4v) is 1.87. The quantitative estimate of drug-likeness (QED) is 0.670. The lowest BCUT2D eigenvalue weighted by Gasteiger charge is -2.04. The van der Waals surface area contributed by atoms with Gasteiger partial charge < -0.3 is 10.4 Å². The van der Waals surface area contributed by atoms with E-state index in [4.69, 9.17) is 10.4 Å². The van der Waals surface area contributed by atoms with Crippen molar-refractivity contribution in [2.45, 2.75) is 6.92 Å². The van der Waals surface area contributed by atoms with Gasteiger partial charge in [-0.1, -0.05) is 29.8 Å². The Balaban J connectivity index is 2.17. The summed E-state index contributed by atoms with van der Waals surface area (Å²) in [4.78, 5) is 22.9. The Kier molecular flexibility index (Phi) is 4.90. The smallest absolute Gasteiger partial charge is 0.335 e. The van der Waals surface area contributed by atoms with Gasteiger partial charge in [-0.3, -0.25) is 4.79 Å². The molecule has 2 aromatic rings. The molecule has 0 bridgehead atoms. The molecular formula is C18H14N2O3. The maximum absolute atomic E-state index is 12.1. The van der Waals surface area contributed by atoms with Gasteiger partial charge in [-0.2, -0.15) is 5.26 Å². The number of benzene rings is 2. The summed E-state index contributed by atoms with van der Waals surface area (Å²) >= 11 is 0. The number of nitrogens with zero attached hydrogens (tertiary/aromatic N) is 1. The van der Waals surface area contributed by atoms with Crippen LogP contribution in [0.3, 0.4) is 0 Å². The molecule has 5 nitrogen and oxygen atoms in total. The molecule has 0 saturated heterocycles. The molecule has 0 heterocycles. The molecule has 2 aromatic carbocycles. The molecule has 23 heavy (non-hydrogen) atoms. The first-order valence-corrected chi connectivity index (χ1v) is 6.83. The number of amides is 1. The van der Waals surface area contributed by atoms with Gasteiger partial charge in [-0.15, -0.1) is 0 Å². The Morgan fingerprint density at radius 3 is 2.22 bits per heavy atom. The van der Waals surface area contributed by atoms with Crippen LogP contribution in [0.4, 0.5) is 5.69 Å². The van der Waals surface area contributed by atoms with E-state index >= 15 is 0 Å². The number of nitriles is 1. The molecule has 0 radical (unpaired) electrons. The molecule has 114 valence electrons. The Morgan fingerprint density at radius 2 is 1.70 bits per heavy atom. The van der Waals surface area contributed by atoms with Crippen molar-refractivity contribution in [2.24, 2.45) is 0 Å². The van der Waals surface area contributed by atoms with E-state index in [0.717, 1.165) is 5.56 Å². The van der Waals surface area contributed by atoms with E-state index in [2.05, 4.69) is 5.32 Å². The third-order valence-corrected chi connectivity index (χ3v) is 3.14. The van der Waals surface area contributed by atoms with Crippen LogP contribution in [-0.2, 0) is 4.79 Å². The minimum Gasteiger partial charge on any atom is -0.478 e. The second-order valence-electron chi connectivity index (χ2n) is 4.92. The average molecular weight is 306 g/mol. The van der Waals surface area contributed by atoms with Crippen molar-refractivity contribution in [1.82, 2.24) is 0 Å². The maximum atomic E-state index is 12.1. The van der Waals surface area contributed by atoms with Gasteiger partial charge in [0.1, 0.15) is 11.6 Å². The zero-order valence-corrected chi connectivity index (χ0v) is 12.4. The second-order valence-corrected chi connectivity index (χ2v) is 4.92. The van der Waals surface area contributed by atoms with Crippen molar-refractivity contribution in [3.8, 4) is 6.07 Å². The number of rotatable bonds is 4. The van der Waals surface area contributed by atoms with Crippen molar-refractivity contribution in [2.75, 3.05) is 5.32 Å². The van der Waals surface area contributed by atoms with Gasteiger partial charge in [-0.05, 0) is 42.8 Å². The third-order valence-electron chi connectivity index (χ3n) is 3.14. The van der Waals surface area contributed by atoms with Crippen LogP contribution in [0.25, 0.3) is 6.08 Å². The van der Waals surface area contributed by atoms with Crippen LogP contribution in [0.1, 0.15) is 21.5 Å². The highest BCUT2D eigenvalue weighted by molar-refractivity contribution is 6.09. The van der Waals surface area contributed by atoms with Gasteiger partial charge in [-0.25, -0.2) is 4.79 Å². The summed E-state index contributed by atoms with van der Waals surface area (Å²) in [6.07, 6.45) is 1.41. The topological polar surface area (TPSA) is 90.2 Å². The van der Waals surface area contributed by atoms with E-state index in [0.29, 0.717) is 11.3 Å². The van der Waals surface area contributed by atoms with Gasteiger partial charge in [0.15, 0.2) is 0 Å². The molecule has 2 N–H and O–H groups in total. The lowest BCUT2D eigenvalue weighted by atomic mass is 10.1. The predicted octanol–water partition coefficient (Wildman–Crippen LogP) is 3.24. The van der Waals surface area contributed by atoms with Crippen LogP contribution in [0.5, 0.6) is 0 Å². The zero-order valence-electron chi connectivity index (χ0n) is 12.4.